The average Bonchev–Trinajstić information content (AvgIpc) is 2.75. The number of urea groups is 1. The molecule has 32 heavy (non-hydrogen) atoms. The molecule has 0 saturated heterocycles. The summed E-state index contributed by atoms with van der Waals surface area (Å²) in [5.41, 5.74) is 6.87. The number of anilines is 1. The number of hydrogen-bond donors (Lipinski definition) is 1. The van der Waals surface area contributed by atoms with Gasteiger partial charge in [-0.3, -0.25) is 0 Å². The van der Waals surface area contributed by atoms with E-state index >= 15 is 0 Å². The highest BCUT2D eigenvalue weighted by Crippen LogP contribution is 2.26. The molecule has 0 unspecified atom stereocenters. The van der Waals surface area contributed by atoms with Gasteiger partial charge in [-0.05, 0) is 61.7 Å². The van der Waals surface area contributed by atoms with Crippen molar-refractivity contribution in [3.8, 4) is 0 Å². The highest BCUT2D eigenvalue weighted by Gasteiger charge is 2.18. The largest absolute Gasteiger partial charge is 0.322 e. The van der Waals surface area contributed by atoms with Crippen molar-refractivity contribution in [2.24, 2.45) is 0 Å². The Labute approximate surface area is 193 Å². The monoisotopic (exact) mass is 443 g/mol. The van der Waals surface area contributed by atoms with Gasteiger partial charge in [0.1, 0.15) is 5.15 Å². The van der Waals surface area contributed by atoms with Gasteiger partial charge in [-0.15, -0.1) is 0 Å². The summed E-state index contributed by atoms with van der Waals surface area (Å²) in [5.74, 6) is 0. The van der Waals surface area contributed by atoms with E-state index in [4.69, 9.17) is 11.6 Å². The van der Waals surface area contributed by atoms with E-state index in [2.05, 4.69) is 29.4 Å². The van der Waals surface area contributed by atoms with Crippen molar-refractivity contribution in [3.63, 3.8) is 0 Å². The Kier molecular flexibility index (Phi) is 6.42. The Morgan fingerprint density at radius 2 is 1.69 bits per heavy atom. The lowest BCUT2D eigenvalue weighted by Crippen LogP contribution is -2.34. The third kappa shape index (κ3) is 5.09. The van der Waals surface area contributed by atoms with Crippen LogP contribution in [-0.2, 0) is 13.1 Å². The number of nitrogens with one attached hydrogen (secondary N) is 1. The lowest BCUT2D eigenvalue weighted by molar-refractivity contribution is 0.206. The van der Waals surface area contributed by atoms with Crippen LogP contribution in [0.5, 0.6) is 0 Å². The first-order valence-electron chi connectivity index (χ1n) is 10.6. The minimum absolute atomic E-state index is 0.184. The van der Waals surface area contributed by atoms with Crippen molar-refractivity contribution >= 4 is 34.2 Å². The molecule has 4 nitrogen and oxygen atoms in total. The number of aryl methyl sites for hydroxylation is 3. The quantitative estimate of drug-likeness (QED) is 0.336. The third-order valence-electron chi connectivity index (χ3n) is 5.41. The molecule has 162 valence electrons. The molecule has 4 aromatic rings. The summed E-state index contributed by atoms with van der Waals surface area (Å²) < 4.78 is 0. The van der Waals surface area contributed by atoms with E-state index in [-0.39, 0.29) is 6.03 Å². The van der Waals surface area contributed by atoms with Gasteiger partial charge in [0.2, 0.25) is 0 Å². The molecule has 0 aliphatic heterocycles. The number of hydrogen-bond acceptors (Lipinski definition) is 2. The molecule has 1 heterocycles. The van der Waals surface area contributed by atoms with Gasteiger partial charge in [-0.2, -0.15) is 0 Å². The topological polar surface area (TPSA) is 45.2 Å². The summed E-state index contributed by atoms with van der Waals surface area (Å²) in [7, 11) is 0. The fraction of sp³-hybridized carbons (Fsp3) is 0.185. The first-order chi connectivity index (χ1) is 15.4. The van der Waals surface area contributed by atoms with Gasteiger partial charge in [0.15, 0.2) is 0 Å². The normalized spacial score (nSPS) is 10.9. The van der Waals surface area contributed by atoms with Crippen LogP contribution in [0.15, 0.2) is 72.8 Å². The lowest BCUT2D eigenvalue weighted by atomic mass is 10.1. The Morgan fingerprint density at radius 1 is 0.906 bits per heavy atom. The molecule has 3 aromatic carbocycles. The van der Waals surface area contributed by atoms with Crippen LogP contribution in [0.4, 0.5) is 10.5 Å². The number of halogens is 1. The Balaban J connectivity index is 1.66. The van der Waals surface area contributed by atoms with Gasteiger partial charge in [0, 0.05) is 23.2 Å². The second-order valence-electron chi connectivity index (χ2n) is 8.23. The van der Waals surface area contributed by atoms with Gasteiger partial charge in [-0.25, -0.2) is 9.78 Å². The molecule has 0 bridgehead atoms. The van der Waals surface area contributed by atoms with Crippen LogP contribution in [0.2, 0.25) is 5.15 Å². The fourth-order valence-corrected chi connectivity index (χ4v) is 4.12. The molecule has 0 aliphatic rings. The predicted molar refractivity (Wildman–Crippen MR) is 132 cm³/mol. The molecule has 0 saturated carbocycles. The summed E-state index contributed by atoms with van der Waals surface area (Å²) in [4.78, 5) is 19.7. The zero-order chi connectivity index (χ0) is 22.7. The Hall–Kier alpha value is -3.37. The number of rotatable bonds is 5. The molecular weight excluding hydrogens is 418 g/mol. The van der Waals surface area contributed by atoms with E-state index in [1.807, 2.05) is 74.5 Å². The van der Waals surface area contributed by atoms with Gasteiger partial charge >= 0.3 is 6.03 Å². The first kappa shape index (κ1) is 21.8. The number of amides is 2. The standard InChI is InChI=1S/C27H26ClN3O/c1-18-8-7-11-24(14-18)29-27(32)31(16-21-9-5-4-6-10-21)17-23-15-22-13-19(2)12-20(3)25(22)30-26(23)28/h4-15H,16-17H2,1-3H3,(H,29,32). The highest BCUT2D eigenvalue weighted by atomic mass is 35.5. The van der Waals surface area contributed by atoms with E-state index in [9.17, 15) is 4.79 Å². The number of fused-ring (bicyclic) bond motifs is 1. The molecule has 4 rings (SSSR count). The molecule has 0 atom stereocenters. The molecular formula is C27H26ClN3O. The highest BCUT2D eigenvalue weighted by molar-refractivity contribution is 6.30. The van der Waals surface area contributed by atoms with Crippen molar-refractivity contribution < 1.29 is 4.79 Å². The van der Waals surface area contributed by atoms with Crippen molar-refractivity contribution in [2.45, 2.75) is 33.9 Å². The minimum atomic E-state index is -0.184. The number of aromatic nitrogens is 1. The van der Waals surface area contributed by atoms with E-state index < -0.39 is 0 Å². The van der Waals surface area contributed by atoms with Gasteiger partial charge in [0.25, 0.3) is 0 Å². The van der Waals surface area contributed by atoms with Crippen molar-refractivity contribution in [1.82, 2.24) is 9.88 Å². The summed E-state index contributed by atoms with van der Waals surface area (Å²) in [6, 6.07) is 23.8. The number of benzene rings is 3. The summed E-state index contributed by atoms with van der Waals surface area (Å²) in [6.45, 7) is 6.91. The van der Waals surface area contributed by atoms with Gasteiger partial charge < -0.3 is 10.2 Å². The molecule has 0 aliphatic carbocycles. The molecule has 1 aromatic heterocycles. The van der Waals surface area contributed by atoms with Gasteiger partial charge in [-0.1, -0.05) is 65.7 Å². The molecule has 2 amide bonds. The molecule has 5 heteroatoms. The fourth-order valence-electron chi connectivity index (χ4n) is 3.92. The van der Waals surface area contributed by atoms with Gasteiger partial charge in [0.05, 0.1) is 12.1 Å². The third-order valence-corrected chi connectivity index (χ3v) is 5.74. The number of carbonyl (C=O) groups excluding carboxylic acids is 1. The Bertz CT molecular complexity index is 1270. The van der Waals surface area contributed by atoms with E-state index in [1.165, 1.54) is 5.56 Å². The van der Waals surface area contributed by atoms with Crippen LogP contribution >= 0.6 is 11.6 Å². The van der Waals surface area contributed by atoms with Crippen LogP contribution < -0.4 is 5.32 Å². The SMILES string of the molecule is Cc1cccc(NC(=O)N(Cc2ccccc2)Cc2cc3cc(C)cc(C)c3nc2Cl)c1. The molecule has 0 spiro atoms. The average molecular weight is 444 g/mol. The van der Waals surface area contributed by atoms with Crippen molar-refractivity contribution in [1.29, 1.82) is 0 Å². The smallest absolute Gasteiger partial charge is 0.316 e. The molecule has 1 N–H and O–H groups in total. The maximum absolute atomic E-state index is 13.3. The number of carbonyl (C=O) groups is 1. The number of pyridine rings is 1. The summed E-state index contributed by atoms with van der Waals surface area (Å²) in [6.07, 6.45) is 0. The summed E-state index contributed by atoms with van der Waals surface area (Å²) >= 11 is 6.58. The maximum Gasteiger partial charge on any atom is 0.322 e. The first-order valence-corrected chi connectivity index (χ1v) is 11.0. The predicted octanol–water partition coefficient (Wildman–Crippen LogP) is 7.05. The van der Waals surface area contributed by atoms with Crippen LogP contribution in [0.1, 0.15) is 27.8 Å². The van der Waals surface area contributed by atoms with E-state index in [0.717, 1.165) is 38.8 Å². The van der Waals surface area contributed by atoms with Crippen LogP contribution in [0.25, 0.3) is 10.9 Å². The lowest BCUT2D eigenvalue weighted by Gasteiger charge is -2.24. The molecule has 0 fully saturated rings. The van der Waals surface area contributed by atoms with Crippen LogP contribution in [-0.4, -0.2) is 15.9 Å². The van der Waals surface area contributed by atoms with E-state index in [1.54, 1.807) is 4.90 Å². The summed E-state index contributed by atoms with van der Waals surface area (Å²) in [5, 5.41) is 4.47. The zero-order valence-corrected chi connectivity index (χ0v) is 19.3. The maximum atomic E-state index is 13.3. The minimum Gasteiger partial charge on any atom is -0.316 e. The van der Waals surface area contributed by atoms with Crippen LogP contribution in [0.3, 0.4) is 0 Å². The van der Waals surface area contributed by atoms with Crippen molar-refractivity contribution in [3.05, 3.63) is 106 Å². The second kappa shape index (κ2) is 9.41. The van der Waals surface area contributed by atoms with Crippen LogP contribution in [0, 0.1) is 20.8 Å². The van der Waals surface area contributed by atoms with E-state index in [0.29, 0.717) is 18.2 Å². The Morgan fingerprint density at radius 3 is 2.44 bits per heavy atom. The molecule has 0 radical (unpaired) electrons. The zero-order valence-electron chi connectivity index (χ0n) is 18.5. The second-order valence-corrected chi connectivity index (χ2v) is 8.59. The van der Waals surface area contributed by atoms with Crippen molar-refractivity contribution in [2.75, 3.05) is 5.32 Å². The number of nitrogens with zero attached hydrogens (tertiary/aromatic N) is 2.